The SMILES string of the molecule is [2H]C([2H])([2H])c1ccc(-c2c(C)ccc3c2C(C)(C)c2ccccc2O3)[n+](C)c1. The molecule has 1 aliphatic heterocycles. The molecule has 126 valence electrons. The summed E-state index contributed by atoms with van der Waals surface area (Å²) in [6, 6.07) is 15.8. The first-order chi connectivity index (χ1) is 13.1. The first-order valence-corrected chi connectivity index (χ1v) is 8.52. The summed E-state index contributed by atoms with van der Waals surface area (Å²) in [5.41, 5.74) is 5.56. The Morgan fingerprint density at radius 3 is 2.56 bits per heavy atom. The second-order valence-electron chi connectivity index (χ2n) is 7.27. The standard InChI is InChI=1S/C23H24NO/c1-15-10-12-18(24(5)14-15)21-16(2)11-13-20-22(21)23(3,4)17-8-6-7-9-19(17)25-20/h6-14H,1-5H3/q+1/i1D3. The van der Waals surface area contributed by atoms with E-state index in [4.69, 9.17) is 8.85 Å². The van der Waals surface area contributed by atoms with Gasteiger partial charge in [0.25, 0.3) is 0 Å². The molecule has 1 aliphatic rings. The Kier molecular flexibility index (Phi) is 2.77. The van der Waals surface area contributed by atoms with Crippen LogP contribution in [0, 0.1) is 13.8 Å². The summed E-state index contributed by atoms with van der Waals surface area (Å²) in [6.45, 7) is 4.40. The molecule has 0 spiro atoms. The van der Waals surface area contributed by atoms with Crippen molar-refractivity contribution in [1.82, 2.24) is 0 Å². The van der Waals surface area contributed by atoms with E-state index in [2.05, 4.69) is 32.9 Å². The first-order valence-electron chi connectivity index (χ1n) is 10.0. The fourth-order valence-corrected chi connectivity index (χ4v) is 3.92. The Hall–Kier alpha value is -2.61. The minimum atomic E-state index is -2.12. The van der Waals surface area contributed by atoms with Gasteiger partial charge in [0.2, 0.25) is 5.69 Å². The van der Waals surface area contributed by atoms with Gasteiger partial charge in [-0.25, -0.2) is 4.57 Å². The molecule has 0 aliphatic carbocycles. The highest BCUT2D eigenvalue weighted by Crippen LogP contribution is 2.51. The van der Waals surface area contributed by atoms with Crippen LogP contribution in [0.2, 0.25) is 0 Å². The number of ether oxygens (including phenoxy) is 1. The van der Waals surface area contributed by atoms with Gasteiger partial charge in [-0.1, -0.05) is 38.1 Å². The molecule has 0 unspecified atom stereocenters. The number of hydrogen-bond acceptors (Lipinski definition) is 1. The predicted molar refractivity (Wildman–Crippen MR) is 101 cm³/mol. The van der Waals surface area contributed by atoms with Crippen LogP contribution in [-0.2, 0) is 12.5 Å². The van der Waals surface area contributed by atoms with E-state index in [1.165, 1.54) is 0 Å². The summed E-state index contributed by atoms with van der Waals surface area (Å²) in [7, 11) is 1.90. The van der Waals surface area contributed by atoms with Gasteiger partial charge in [-0.3, -0.25) is 0 Å². The van der Waals surface area contributed by atoms with Crippen molar-refractivity contribution in [2.24, 2.45) is 7.05 Å². The fourth-order valence-electron chi connectivity index (χ4n) is 3.92. The minimum absolute atomic E-state index is 0.249. The Balaban J connectivity index is 1.97. The molecule has 0 radical (unpaired) electrons. The zero-order chi connectivity index (χ0) is 20.3. The molecule has 0 saturated heterocycles. The number of para-hydroxylation sites is 1. The van der Waals surface area contributed by atoms with Crippen LogP contribution in [0.25, 0.3) is 11.3 Å². The molecule has 0 bridgehead atoms. The van der Waals surface area contributed by atoms with Crippen LogP contribution in [0.5, 0.6) is 11.5 Å². The van der Waals surface area contributed by atoms with Crippen LogP contribution < -0.4 is 9.30 Å². The lowest BCUT2D eigenvalue weighted by Gasteiger charge is -2.36. The van der Waals surface area contributed by atoms with Gasteiger partial charge < -0.3 is 4.74 Å². The van der Waals surface area contributed by atoms with E-state index in [-0.39, 0.29) is 5.41 Å². The summed E-state index contributed by atoms with van der Waals surface area (Å²) in [5, 5.41) is 0. The highest BCUT2D eigenvalue weighted by Gasteiger charge is 2.38. The summed E-state index contributed by atoms with van der Waals surface area (Å²) >= 11 is 0. The van der Waals surface area contributed by atoms with Crippen molar-refractivity contribution in [3.63, 3.8) is 0 Å². The molecule has 1 aromatic heterocycles. The maximum atomic E-state index is 7.68. The molecule has 2 aromatic carbocycles. The lowest BCUT2D eigenvalue weighted by Crippen LogP contribution is -2.33. The quantitative estimate of drug-likeness (QED) is 0.556. The van der Waals surface area contributed by atoms with Crippen LogP contribution >= 0.6 is 0 Å². The Morgan fingerprint density at radius 2 is 1.80 bits per heavy atom. The Morgan fingerprint density at radius 1 is 1.00 bits per heavy atom. The van der Waals surface area contributed by atoms with Gasteiger partial charge in [0.05, 0.1) is 5.56 Å². The van der Waals surface area contributed by atoms with E-state index in [1.54, 1.807) is 12.3 Å². The monoisotopic (exact) mass is 333 g/mol. The smallest absolute Gasteiger partial charge is 0.212 e. The summed E-state index contributed by atoms with van der Waals surface area (Å²) in [4.78, 5) is 0. The number of hydrogen-bond donors (Lipinski definition) is 0. The number of benzene rings is 2. The van der Waals surface area contributed by atoms with Crippen LogP contribution in [0.1, 0.15) is 40.2 Å². The first kappa shape index (κ1) is 12.7. The van der Waals surface area contributed by atoms with Crippen LogP contribution in [0.15, 0.2) is 54.7 Å². The van der Waals surface area contributed by atoms with Crippen molar-refractivity contribution >= 4 is 0 Å². The number of aromatic nitrogens is 1. The zero-order valence-corrected chi connectivity index (χ0v) is 15.1. The normalized spacial score (nSPS) is 16.7. The third-order valence-electron chi connectivity index (χ3n) is 5.17. The molecule has 2 heteroatoms. The van der Waals surface area contributed by atoms with Gasteiger partial charge in [0.1, 0.15) is 18.5 Å². The molecule has 0 fully saturated rings. The number of fused-ring (bicyclic) bond motifs is 2. The lowest BCUT2D eigenvalue weighted by molar-refractivity contribution is -0.660. The zero-order valence-electron chi connectivity index (χ0n) is 18.1. The third-order valence-corrected chi connectivity index (χ3v) is 5.17. The average Bonchev–Trinajstić information content (AvgIpc) is 2.62. The van der Waals surface area contributed by atoms with E-state index in [0.29, 0.717) is 5.56 Å². The second-order valence-corrected chi connectivity index (χ2v) is 7.27. The van der Waals surface area contributed by atoms with Gasteiger partial charge in [-0.2, -0.15) is 0 Å². The van der Waals surface area contributed by atoms with E-state index in [1.807, 2.05) is 41.9 Å². The predicted octanol–water partition coefficient (Wildman–Crippen LogP) is 5.23. The van der Waals surface area contributed by atoms with Crippen LogP contribution in [0.4, 0.5) is 0 Å². The van der Waals surface area contributed by atoms with Crippen LogP contribution in [0.3, 0.4) is 0 Å². The maximum absolute atomic E-state index is 7.68. The molecule has 0 saturated carbocycles. The molecule has 0 N–H and O–H groups in total. The molecular formula is C23H24NO+. The van der Waals surface area contributed by atoms with Gasteiger partial charge in [-0.05, 0) is 37.5 Å². The number of aryl methyl sites for hydroxylation is 3. The molecule has 4 rings (SSSR count). The van der Waals surface area contributed by atoms with Gasteiger partial charge in [0, 0.05) is 32.3 Å². The summed E-state index contributed by atoms with van der Waals surface area (Å²) in [5.74, 6) is 1.74. The highest BCUT2D eigenvalue weighted by atomic mass is 16.5. The van der Waals surface area contributed by atoms with Crippen molar-refractivity contribution in [3.8, 4) is 22.8 Å². The van der Waals surface area contributed by atoms with Crippen molar-refractivity contribution < 1.29 is 13.4 Å². The van der Waals surface area contributed by atoms with E-state index < -0.39 is 6.85 Å². The number of nitrogens with zero attached hydrogens (tertiary/aromatic N) is 1. The average molecular weight is 333 g/mol. The second kappa shape index (κ2) is 5.45. The molecule has 2 heterocycles. The van der Waals surface area contributed by atoms with Gasteiger partial charge in [-0.15, -0.1) is 0 Å². The van der Waals surface area contributed by atoms with Gasteiger partial charge >= 0.3 is 0 Å². The maximum Gasteiger partial charge on any atom is 0.212 e. The van der Waals surface area contributed by atoms with E-state index in [0.717, 1.165) is 39.4 Å². The Labute approximate surface area is 153 Å². The van der Waals surface area contributed by atoms with Crippen molar-refractivity contribution in [2.75, 3.05) is 0 Å². The number of rotatable bonds is 1. The molecule has 3 aromatic rings. The Bertz CT molecular complexity index is 1080. The number of pyridine rings is 1. The molecule has 0 amide bonds. The topological polar surface area (TPSA) is 13.1 Å². The van der Waals surface area contributed by atoms with Crippen molar-refractivity contribution in [3.05, 3.63) is 77.0 Å². The molecule has 0 atom stereocenters. The molecular weight excluding hydrogens is 306 g/mol. The van der Waals surface area contributed by atoms with Gasteiger partial charge in [0.15, 0.2) is 6.20 Å². The summed E-state index contributed by atoms with van der Waals surface area (Å²) < 4.78 is 31.2. The molecule has 2 nitrogen and oxygen atoms in total. The largest absolute Gasteiger partial charge is 0.457 e. The van der Waals surface area contributed by atoms with E-state index in [9.17, 15) is 0 Å². The van der Waals surface area contributed by atoms with Crippen molar-refractivity contribution in [2.45, 2.75) is 33.0 Å². The lowest BCUT2D eigenvalue weighted by atomic mass is 9.72. The van der Waals surface area contributed by atoms with E-state index >= 15 is 0 Å². The third kappa shape index (κ3) is 2.36. The van der Waals surface area contributed by atoms with Crippen molar-refractivity contribution in [1.29, 1.82) is 0 Å². The van der Waals surface area contributed by atoms with Crippen LogP contribution in [-0.4, -0.2) is 0 Å². The summed E-state index contributed by atoms with van der Waals surface area (Å²) in [6.07, 6.45) is 1.70. The highest BCUT2D eigenvalue weighted by molar-refractivity contribution is 5.74. The molecule has 25 heavy (non-hydrogen) atoms. The fraction of sp³-hybridized carbons (Fsp3) is 0.261. The minimum Gasteiger partial charge on any atom is -0.457 e.